The Morgan fingerprint density at radius 1 is 1.00 bits per heavy atom. The summed E-state index contributed by atoms with van der Waals surface area (Å²) in [4.78, 5) is 0. The minimum Gasteiger partial charge on any atom is -0.389 e. The third kappa shape index (κ3) is 4.07. The fourth-order valence-electron chi connectivity index (χ4n) is 2.69. The second kappa shape index (κ2) is 7.86. The van der Waals surface area contributed by atoms with Crippen LogP contribution in [0.4, 0.5) is 0 Å². The van der Waals surface area contributed by atoms with Gasteiger partial charge in [-0.1, -0.05) is 54.6 Å². The number of aryl methyl sites for hydroxylation is 1. The van der Waals surface area contributed by atoms with Crippen molar-refractivity contribution in [3.63, 3.8) is 0 Å². The molecule has 0 radical (unpaired) electrons. The summed E-state index contributed by atoms with van der Waals surface area (Å²) in [5.74, 6) is 0. The number of aromatic nitrogens is 3. The van der Waals surface area contributed by atoms with E-state index in [-0.39, 0.29) is 12.7 Å². The van der Waals surface area contributed by atoms with Crippen LogP contribution in [0.15, 0.2) is 67.3 Å². The Morgan fingerprint density at radius 2 is 1.67 bits per heavy atom. The number of ether oxygens (including phenoxy) is 1. The van der Waals surface area contributed by atoms with Gasteiger partial charge in [0.2, 0.25) is 0 Å². The second-order valence-corrected chi connectivity index (χ2v) is 5.79. The zero-order valence-corrected chi connectivity index (χ0v) is 13.6. The largest absolute Gasteiger partial charge is 0.389 e. The highest BCUT2D eigenvalue weighted by Gasteiger charge is 2.18. The van der Waals surface area contributed by atoms with Gasteiger partial charge in [-0.25, -0.2) is 0 Å². The van der Waals surface area contributed by atoms with Crippen LogP contribution in [0.25, 0.3) is 0 Å². The van der Waals surface area contributed by atoms with Gasteiger partial charge >= 0.3 is 0 Å². The van der Waals surface area contributed by atoms with E-state index in [9.17, 15) is 5.11 Å². The highest BCUT2D eigenvalue weighted by atomic mass is 16.5. The first kappa shape index (κ1) is 16.4. The highest BCUT2D eigenvalue weighted by molar-refractivity contribution is 5.35. The number of benzene rings is 2. The van der Waals surface area contributed by atoms with Crippen molar-refractivity contribution in [2.75, 3.05) is 6.61 Å². The average molecular weight is 323 g/mol. The molecule has 2 atom stereocenters. The molecule has 1 N–H and O–H groups in total. The number of aliphatic hydroxyl groups excluding tert-OH is 1. The third-order valence-electron chi connectivity index (χ3n) is 3.92. The molecular weight excluding hydrogens is 302 g/mol. The van der Waals surface area contributed by atoms with E-state index in [4.69, 9.17) is 4.74 Å². The second-order valence-electron chi connectivity index (χ2n) is 5.79. The lowest BCUT2D eigenvalue weighted by Crippen LogP contribution is -2.23. The maximum Gasteiger partial charge on any atom is 0.119 e. The predicted octanol–water partition coefficient (Wildman–Crippen LogP) is 2.75. The van der Waals surface area contributed by atoms with E-state index in [1.807, 2.05) is 42.5 Å². The molecular formula is C19H21N3O2. The van der Waals surface area contributed by atoms with E-state index in [1.165, 1.54) is 5.56 Å². The summed E-state index contributed by atoms with van der Waals surface area (Å²) in [7, 11) is 0. The van der Waals surface area contributed by atoms with E-state index in [1.54, 1.807) is 17.2 Å². The van der Waals surface area contributed by atoms with Gasteiger partial charge in [0.15, 0.2) is 0 Å². The van der Waals surface area contributed by atoms with Gasteiger partial charge in [0.05, 0.1) is 19.3 Å². The lowest BCUT2D eigenvalue weighted by atomic mass is 9.97. The van der Waals surface area contributed by atoms with Crippen LogP contribution >= 0.6 is 0 Å². The number of rotatable bonds is 7. The minimum atomic E-state index is -0.628. The Kier molecular flexibility index (Phi) is 5.36. The zero-order chi connectivity index (χ0) is 16.8. The number of nitrogens with zero attached hydrogens (tertiary/aromatic N) is 3. The molecule has 0 saturated carbocycles. The van der Waals surface area contributed by atoms with Crippen LogP contribution in [-0.2, 0) is 11.3 Å². The maximum absolute atomic E-state index is 10.2. The molecule has 0 aliphatic rings. The molecule has 0 spiro atoms. The lowest BCUT2D eigenvalue weighted by Gasteiger charge is -2.22. The molecule has 2 aromatic carbocycles. The van der Waals surface area contributed by atoms with E-state index < -0.39 is 6.10 Å². The van der Waals surface area contributed by atoms with Crippen molar-refractivity contribution in [3.8, 4) is 0 Å². The fourth-order valence-corrected chi connectivity index (χ4v) is 2.69. The Labute approximate surface area is 141 Å². The summed E-state index contributed by atoms with van der Waals surface area (Å²) in [5.41, 5.74) is 3.35. The first-order valence-corrected chi connectivity index (χ1v) is 7.96. The quantitative estimate of drug-likeness (QED) is 0.726. The molecule has 124 valence electrons. The maximum atomic E-state index is 10.2. The van der Waals surface area contributed by atoms with Gasteiger partial charge < -0.3 is 14.4 Å². The predicted molar refractivity (Wildman–Crippen MR) is 91.4 cm³/mol. The van der Waals surface area contributed by atoms with Crippen LogP contribution < -0.4 is 0 Å². The molecule has 24 heavy (non-hydrogen) atoms. The summed E-state index contributed by atoms with van der Waals surface area (Å²) in [6.07, 6.45) is 2.33. The van der Waals surface area contributed by atoms with Crippen LogP contribution in [0, 0.1) is 6.92 Å². The van der Waals surface area contributed by atoms with Crippen molar-refractivity contribution in [1.82, 2.24) is 14.8 Å². The molecule has 3 aromatic rings. The normalized spacial score (nSPS) is 13.6. The zero-order valence-electron chi connectivity index (χ0n) is 13.6. The lowest BCUT2D eigenvalue weighted by molar-refractivity contribution is -0.000814. The summed E-state index contributed by atoms with van der Waals surface area (Å²) in [5, 5.41) is 17.7. The molecule has 1 heterocycles. The number of hydrogen-bond acceptors (Lipinski definition) is 4. The van der Waals surface area contributed by atoms with E-state index >= 15 is 0 Å². The van der Waals surface area contributed by atoms with Gasteiger partial charge in [0.25, 0.3) is 0 Å². The standard InChI is InChI=1S/C19H21N3O2/c1-15-7-5-6-10-18(15)19(16-8-3-2-4-9-16)24-12-17(23)11-22-13-20-21-14-22/h2-10,13-14,17,19,23H,11-12H2,1H3. The Hall–Kier alpha value is -2.50. The van der Waals surface area contributed by atoms with Crippen LogP contribution in [0.5, 0.6) is 0 Å². The van der Waals surface area contributed by atoms with Gasteiger partial charge in [0, 0.05) is 0 Å². The summed E-state index contributed by atoms with van der Waals surface area (Å²) >= 11 is 0. The van der Waals surface area contributed by atoms with Crippen molar-refractivity contribution in [2.24, 2.45) is 0 Å². The van der Waals surface area contributed by atoms with E-state index in [2.05, 4.69) is 29.3 Å². The van der Waals surface area contributed by atoms with Gasteiger partial charge in [-0.05, 0) is 23.6 Å². The van der Waals surface area contributed by atoms with Gasteiger partial charge in [-0.15, -0.1) is 10.2 Å². The van der Waals surface area contributed by atoms with Crippen molar-refractivity contribution < 1.29 is 9.84 Å². The Balaban J connectivity index is 1.74. The van der Waals surface area contributed by atoms with Gasteiger partial charge in [0.1, 0.15) is 18.8 Å². The highest BCUT2D eigenvalue weighted by Crippen LogP contribution is 2.28. The number of hydrogen-bond donors (Lipinski definition) is 1. The molecule has 5 heteroatoms. The summed E-state index contributed by atoms with van der Waals surface area (Å²) < 4.78 is 7.84. The molecule has 0 amide bonds. The molecule has 0 saturated heterocycles. The van der Waals surface area contributed by atoms with Crippen LogP contribution in [-0.4, -0.2) is 32.6 Å². The van der Waals surface area contributed by atoms with Crippen LogP contribution in [0.2, 0.25) is 0 Å². The van der Waals surface area contributed by atoms with E-state index in [0.717, 1.165) is 11.1 Å². The fraction of sp³-hybridized carbons (Fsp3) is 0.263. The van der Waals surface area contributed by atoms with Crippen molar-refractivity contribution in [3.05, 3.63) is 83.9 Å². The third-order valence-corrected chi connectivity index (χ3v) is 3.92. The van der Waals surface area contributed by atoms with Gasteiger partial charge in [-0.2, -0.15) is 0 Å². The molecule has 0 aliphatic carbocycles. The molecule has 3 rings (SSSR count). The first-order chi connectivity index (χ1) is 11.7. The van der Waals surface area contributed by atoms with Crippen LogP contribution in [0.3, 0.4) is 0 Å². The Morgan fingerprint density at radius 3 is 2.38 bits per heavy atom. The molecule has 0 fully saturated rings. The van der Waals surface area contributed by atoms with Crippen LogP contribution in [0.1, 0.15) is 22.8 Å². The van der Waals surface area contributed by atoms with Gasteiger partial charge in [-0.3, -0.25) is 0 Å². The monoisotopic (exact) mass is 323 g/mol. The topological polar surface area (TPSA) is 60.2 Å². The number of aliphatic hydroxyl groups is 1. The summed E-state index contributed by atoms with van der Waals surface area (Å²) in [6.45, 7) is 2.70. The molecule has 0 bridgehead atoms. The Bertz CT molecular complexity index is 744. The first-order valence-electron chi connectivity index (χ1n) is 7.96. The van der Waals surface area contributed by atoms with Crippen molar-refractivity contribution in [2.45, 2.75) is 25.7 Å². The van der Waals surface area contributed by atoms with E-state index in [0.29, 0.717) is 6.54 Å². The average Bonchev–Trinajstić information content (AvgIpc) is 3.10. The smallest absolute Gasteiger partial charge is 0.119 e. The summed E-state index contributed by atoms with van der Waals surface area (Å²) in [6, 6.07) is 18.2. The van der Waals surface area contributed by atoms with Crippen molar-refractivity contribution >= 4 is 0 Å². The molecule has 5 nitrogen and oxygen atoms in total. The van der Waals surface area contributed by atoms with Crippen molar-refractivity contribution in [1.29, 1.82) is 0 Å². The molecule has 2 unspecified atom stereocenters. The molecule has 1 aromatic heterocycles. The minimum absolute atomic E-state index is 0.206. The molecule has 0 aliphatic heterocycles. The SMILES string of the molecule is Cc1ccccc1C(OCC(O)Cn1cnnc1)c1ccccc1.